The highest BCUT2D eigenvalue weighted by Crippen LogP contribution is 2.18. The van der Waals surface area contributed by atoms with Crippen molar-refractivity contribution in [3.05, 3.63) is 70.8 Å². The molecular formula is C22H25N3O5. The van der Waals surface area contributed by atoms with E-state index < -0.39 is 18.0 Å². The zero-order chi connectivity index (χ0) is 22.1. The SMILES string of the molecule is N=C(N)c1ccc(CCCCC(=O)NC(CC(=O)O)c2ccc(C(=O)O)cc2)cc1. The summed E-state index contributed by atoms with van der Waals surface area (Å²) in [7, 11) is 0. The van der Waals surface area contributed by atoms with E-state index in [0.29, 0.717) is 17.5 Å². The molecule has 0 aliphatic rings. The van der Waals surface area contributed by atoms with Crippen molar-refractivity contribution in [2.45, 2.75) is 38.1 Å². The number of amidine groups is 1. The fourth-order valence-electron chi connectivity index (χ4n) is 3.02. The van der Waals surface area contributed by atoms with Gasteiger partial charge in [0.25, 0.3) is 0 Å². The lowest BCUT2D eigenvalue weighted by Crippen LogP contribution is -2.30. The van der Waals surface area contributed by atoms with Crippen LogP contribution in [0.25, 0.3) is 0 Å². The molecule has 2 rings (SSSR count). The average Bonchev–Trinajstić information content (AvgIpc) is 2.71. The van der Waals surface area contributed by atoms with E-state index in [-0.39, 0.29) is 30.1 Å². The highest BCUT2D eigenvalue weighted by molar-refractivity contribution is 5.94. The Morgan fingerprint density at radius 1 is 0.933 bits per heavy atom. The first kappa shape index (κ1) is 22.6. The number of benzene rings is 2. The number of nitrogens with two attached hydrogens (primary N) is 1. The number of aryl methyl sites for hydroxylation is 1. The van der Waals surface area contributed by atoms with Gasteiger partial charge in [0.2, 0.25) is 5.91 Å². The highest BCUT2D eigenvalue weighted by atomic mass is 16.4. The van der Waals surface area contributed by atoms with Gasteiger partial charge < -0.3 is 21.3 Å². The number of amides is 1. The molecule has 6 N–H and O–H groups in total. The van der Waals surface area contributed by atoms with Gasteiger partial charge in [-0.3, -0.25) is 15.0 Å². The summed E-state index contributed by atoms with van der Waals surface area (Å²) in [5.41, 5.74) is 7.81. The van der Waals surface area contributed by atoms with E-state index in [2.05, 4.69) is 5.32 Å². The minimum Gasteiger partial charge on any atom is -0.481 e. The van der Waals surface area contributed by atoms with Crippen LogP contribution in [0.5, 0.6) is 0 Å². The van der Waals surface area contributed by atoms with E-state index in [1.165, 1.54) is 24.3 Å². The largest absolute Gasteiger partial charge is 0.481 e. The monoisotopic (exact) mass is 411 g/mol. The maximum Gasteiger partial charge on any atom is 0.335 e. The summed E-state index contributed by atoms with van der Waals surface area (Å²) in [5, 5.41) is 28.2. The standard InChI is InChI=1S/C22H25N3O5/c23-21(24)16-7-5-14(6-8-16)3-1-2-4-19(26)25-18(13-20(27)28)15-9-11-17(12-10-15)22(29)30/h5-12,18H,1-4,13H2,(H3,23,24)(H,25,26)(H,27,28)(H,29,30). The molecule has 0 saturated carbocycles. The van der Waals surface area contributed by atoms with Crippen molar-refractivity contribution < 1.29 is 24.6 Å². The fourth-order valence-corrected chi connectivity index (χ4v) is 3.02. The predicted molar refractivity (Wildman–Crippen MR) is 112 cm³/mol. The molecule has 0 heterocycles. The minimum absolute atomic E-state index is 0.0201. The minimum atomic E-state index is -1.07. The predicted octanol–water partition coefficient (Wildman–Crippen LogP) is 2.71. The van der Waals surface area contributed by atoms with Crippen molar-refractivity contribution in [2.75, 3.05) is 0 Å². The Morgan fingerprint density at radius 2 is 1.53 bits per heavy atom. The van der Waals surface area contributed by atoms with Crippen molar-refractivity contribution in [3.8, 4) is 0 Å². The van der Waals surface area contributed by atoms with Crippen LogP contribution in [0.1, 0.15) is 58.8 Å². The molecule has 0 saturated heterocycles. The first-order chi connectivity index (χ1) is 14.3. The third-order valence-electron chi connectivity index (χ3n) is 4.66. The summed E-state index contributed by atoms with van der Waals surface area (Å²) in [6.45, 7) is 0. The number of aliphatic carboxylic acids is 1. The molecule has 1 atom stereocenters. The van der Waals surface area contributed by atoms with Gasteiger partial charge in [-0.15, -0.1) is 0 Å². The summed E-state index contributed by atoms with van der Waals surface area (Å²) in [5.74, 6) is -2.37. The number of nitrogen functional groups attached to an aromatic ring is 1. The topological polar surface area (TPSA) is 154 Å². The van der Waals surface area contributed by atoms with Gasteiger partial charge in [-0.05, 0) is 42.5 Å². The number of hydrogen-bond donors (Lipinski definition) is 5. The number of carbonyl (C=O) groups excluding carboxylic acids is 1. The van der Waals surface area contributed by atoms with Gasteiger partial charge in [0, 0.05) is 12.0 Å². The number of nitrogens with one attached hydrogen (secondary N) is 2. The van der Waals surface area contributed by atoms with E-state index in [1.54, 1.807) is 12.1 Å². The maximum atomic E-state index is 12.3. The van der Waals surface area contributed by atoms with Crippen LogP contribution in [0.2, 0.25) is 0 Å². The van der Waals surface area contributed by atoms with Gasteiger partial charge in [-0.2, -0.15) is 0 Å². The van der Waals surface area contributed by atoms with Crippen molar-refractivity contribution in [1.82, 2.24) is 5.32 Å². The Bertz CT molecular complexity index is 907. The molecule has 0 spiro atoms. The zero-order valence-electron chi connectivity index (χ0n) is 16.4. The molecule has 0 aromatic heterocycles. The quantitative estimate of drug-likeness (QED) is 0.218. The van der Waals surface area contributed by atoms with Crippen LogP contribution < -0.4 is 11.1 Å². The number of carboxylic acid groups (broad SMARTS) is 2. The van der Waals surface area contributed by atoms with Gasteiger partial charge >= 0.3 is 11.9 Å². The van der Waals surface area contributed by atoms with Gasteiger partial charge in [-0.1, -0.05) is 36.4 Å². The summed E-state index contributed by atoms with van der Waals surface area (Å²) in [4.78, 5) is 34.4. The van der Waals surface area contributed by atoms with Crippen molar-refractivity contribution in [1.29, 1.82) is 5.41 Å². The lowest BCUT2D eigenvalue weighted by atomic mass is 10.0. The molecule has 0 fully saturated rings. The van der Waals surface area contributed by atoms with Crippen LogP contribution in [0, 0.1) is 5.41 Å². The number of carbonyl (C=O) groups is 3. The molecule has 30 heavy (non-hydrogen) atoms. The molecule has 0 aliphatic carbocycles. The second-order valence-corrected chi connectivity index (χ2v) is 6.96. The second-order valence-electron chi connectivity index (χ2n) is 6.96. The molecule has 1 unspecified atom stereocenters. The first-order valence-corrected chi connectivity index (χ1v) is 9.54. The molecule has 8 heteroatoms. The van der Waals surface area contributed by atoms with Crippen LogP contribution >= 0.6 is 0 Å². The highest BCUT2D eigenvalue weighted by Gasteiger charge is 2.18. The molecule has 1 amide bonds. The summed E-state index contributed by atoms with van der Waals surface area (Å²) >= 11 is 0. The molecule has 2 aromatic carbocycles. The molecule has 0 aliphatic heterocycles. The summed E-state index contributed by atoms with van der Waals surface area (Å²) in [6.07, 6.45) is 2.16. The second kappa shape index (κ2) is 10.8. The normalized spacial score (nSPS) is 11.5. The van der Waals surface area contributed by atoms with E-state index in [0.717, 1.165) is 18.4 Å². The summed E-state index contributed by atoms with van der Waals surface area (Å²) < 4.78 is 0. The van der Waals surface area contributed by atoms with Crippen molar-refractivity contribution >= 4 is 23.7 Å². The fraction of sp³-hybridized carbons (Fsp3) is 0.273. The molecule has 158 valence electrons. The number of rotatable bonds is 11. The average molecular weight is 411 g/mol. The van der Waals surface area contributed by atoms with Gasteiger partial charge in [-0.25, -0.2) is 4.79 Å². The lowest BCUT2D eigenvalue weighted by Gasteiger charge is -2.17. The van der Waals surface area contributed by atoms with E-state index in [1.807, 2.05) is 12.1 Å². The lowest BCUT2D eigenvalue weighted by molar-refractivity contribution is -0.137. The Labute approximate surface area is 174 Å². The van der Waals surface area contributed by atoms with Gasteiger partial charge in [0.15, 0.2) is 0 Å². The Hall–Kier alpha value is -3.68. The third-order valence-corrected chi connectivity index (χ3v) is 4.66. The van der Waals surface area contributed by atoms with Crippen LogP contribution in [-0.2, 0) is 16.0 Å². The molecule has 0 radical (unpaired) electrons. The van der Waals surface area contributed by atoms with Gasteiger partial charge in [0.1, 0.15) is 5.84 Å². The molecule has 2 aromatic rings. The van der Waals surface area contributed by atoms with Crippen molar-refractivity contribution in [2.24, 2.45) is 5.73 Å². The van der Waals surface area contributed by atoms with Crippen LogP contribution in [0.3, 0.4) is 0 Å². The smallest absolute Gasteiger partial charge is 0.335 e. The van der Waals surface area contributed by atoms with Crippen LogP contribution in [0.4, 0.5) is 0 Å². The Morgan fingerprint density at radius 3 is 2.07 bits per heavy atom. The van der Waals surface area contributed by atoms with E-state index in [4.69, 9.17) is 21.4 Å². The Kier molecular flexibility index (Phi) is 8.10. The molecule has 0 bridgehead atoms. The Balaban J connectivity index is 1.85. The maximum absolute atomic E-state index is 12.3. The van der Waals surface area contributed by atoms with Crippen LogP contribution in [-0.4, -0.2) is 33.9 Å². The van der Waals surface area contributed by atoms with Crippen LogP contribution in [0.15, 0.2) is 48.5 Å². The zero-order valence-corrected chi connectivity index (χ0v) is 16.4. The van der Waals surface area contributed by atoms with E-state index >= 15 is 0 Å². The van der Waals surface area contributed by atoms with Crippen molar-refractivity contribution in [3.63, 3.8) is 0 Å². The van der Waals surface area contributed by atoms with E-state index in [9.17, 15) is 14.4 Å². The number of carboxylic acids is 2. The van der Waals surface area contributed by atoms with Gasteiger partial charge in [0.05, 0.1) is 18.0 Å². The number of aromatic carboxylic acids is 1. The molecule has 8 nitrogen and oxygen atoms in total. The third kappa shape index (κ3) is 7.05. The number of hydrogen-bond acceptors (Lipinski definition) is 4. The number of unbranched alkanes of at least 4 members (excludes halogenated alkanes) is 1. The molecular weight excluding hydrogens is 386 g/mol. The first-order valence-electron chi connectivity index (χ1n) is 9.54. The summed E-state index contributed by atoms with van der Waals surface area (Å²) in [6, 6.07) is 12.5.